The highest BCUT2D eigenvalue weighted by molar-refractivity contribution is 6.61. The van der Waals surface area contributed by atoms with E-state index in [1.54, 1.807) is 14.2 Å². The molecule has 0 aromatic heterocycles. The molecular weight excluding hydrogens is 272 g/mol. The van der Waals surface area contributed by atoms with Crippen molar-refractivity contribution in [1.82, 2.24) is 0 Å². The zero-order chi connectivity index (χ0) is 14.8. The zero-order valence-corrected chi connectivity index (χ0v) is 14.1. The van der Waals surface area contributed by atoms with Crippen LogP contribution in [0.25, 0.3) is 0 Å². The highest BCUT2D eigenvalue weighted by atomic mass is 28.3. The summed E-state index contributed by atoms with van der Waals surface area (Å²) in [5, 5.41) is 1.10. The Morgan fingerprint density at radius 1 is 1.35 bits per heavy atom. The van der Waals surface area contributed by atoms with Crippen LogP contribution >= 0.6 is 0 Å². The van der Waals surface area contributed by atoms with Gasteiger partial charge in [-0.15, -0.1) is 0 Å². The average Bonchev–Trinajstić information content (AvgIpc) is 2.47. The van der Waals surface area contributed by atoms with Gasteiger partial charge in [0.25, 0.3) is 0 Å². The molecule has 2 rings (SSSR count). The van der Waals surface area contributed by atoms with Gasteiger partial charge in [0.1, 0.15) is 5.75 Å². The van der Waals surface area contributed by atoms with Crippen LogP contribution in [-0.4, -0.2) is 29.3 Å². The summed E-state index contributed by atoms with van der Waals surface area (Å²) < 4.78 is 22.9. The predicted octanol–water partition coefficient (Wildman–Crippen LogP) is 2.08. The second-order valence-corrected chi connectivity index (χ2v) is 7.66. The molecule has 0 fully saturated rings. The first kappa shape index (κ1) is 15.5. The maximum Gasteiger partial charge on any atom is 0.355 e. The molecule has 0 aliphatic carbocycles. The van der Waals surface area contributed by atoms with Crippen molar-refractivity contribution in [3.05, 3.63) is 23.8 Å². The number of benzene rings is 1. The van der Waals surface area contributed by atoms with E-state index in [0.717, 1.165) is 22.9 Å². The molecule has 0 saturated carbocycles. The molecule has 5 heteroatoms. The lowest BCUT2D eigenvalue weighted by molar-refractivity contribution is -0.223. The highest BCUT2D eigenvalue weighted by Gasteiger charge is 2.37. The molecule has 1 aliphatic heterocycles. The van der Waals surface area contributed by atoms with Crippen molar-refractivity contribution in [3.8, 4) is 5.75 Å². The molecule has 112 valence electrons. The molecule has 20 heavy (non-hydrogen) atoms. The van der Waals surface area contributed by atoms with Crippen molar-refractivity contribution in [1.29, 1.82) is 0 Å². The van der Waals surface area contributed by atoms with Gasteiger partial charge in [-0.2, -0.15) is 0 Å². The number of fused-ring (bicyclic) bond motifs is 1. The van der Waals surface area contributed by atoms with Gasteiger partial charge in [-0.3, -0.25) is 0 Å². The zero-order valence-electron chi connectivity index (χ0n) is 12.9. The first-order chi connectivity index (χ1) is 9.54. The monoisotopic (exact) mass is 296 g/mol. The van der Waals surface area contributed by atoms with E-state index in [9.17, 15) is 0 Å². The fraction of sp³-hybridized carbons (Fsp3) is 0.600. The van der Waals surface area contributed by atoms with E-state index in [2.05, 4.69) is 19.9 Å². The number of rotatable bonds is 5. The Labute approximate surface area is 122 Å². The molecule has 1 aromatic carbocycles. The molecule has 2 unspecified atom stereocenters. The molecule has 0 N–H and O–H groups in total. The summed E-state index contributed by atoms with van der Waals surface area (Å²) in [6, 6.07) is 6.12. The molecule has 4 nitrogen and oxygen atoms in total. The summed E-state index contributed by atoms with van der Waals surface area (Å²) in [6.45, 7) is 6.88. The van der Waals surface area contributed by atoms with Crippen molar-refractivity contribution >= 4 is 14.5 Å². The van der Waals surface area contributed by atoms with Crippen LogP contribution in [0.4, 0.5) is 0 Å². The Hall–Kier alpha value is -0.883. The van der Waals surface area contributed by atoms with E-state index < -0.39 is 15.1 Å². The second-order valence-electron chi connectivity index (χ2n) is 5.39. The summed E-state index contributed by atoms with van der Waals surface area (Å²) in [4.78, 5) is 0. The van der Waals surface area contributed by atoms with E-state index in [4.69, 9.17) is 18.3 Å². The summed E-state index contributed by atoms with van der Waals surface area (Å²) in [6.07, 6.45) is 1.02. The van der Waals surface area contributed by atoms with E-state index in [1.807, 2.05) is 19.1 Å². The minimum Gasteiger partial charge on any atom is -0.462 e. The van der Waals surface area contributed by atoms with Crippen LogP contribution in [0.15, 0.2) is 18.2 Å². The van der Waals surface area contributed by atoms with Gasteiger partial charge >= 0.3 is 9.28 Å². The summed E-state index contributed by atoms with van der Waals surface area (Å²) in [5.41, 5.74) is 1.06. The van der Waals surface area contributed by atoms with Crippen molar-refractivity contribution < 1.29 is 18.3 Å². The van der Waals surface area contributed by atoms with Gasteiger partial charge in [0, 0.05) is 32.6 Å². The molecule has 0 spiro atoms. The molecule has 1 aliphatic rings. The van der Waals surface area contributed by atoms with Gasteiger partial charge in [-0.25, -0.2) is 0 Å². The standard InChI is InChI=1S/C15H24O4Si/c1-6-11(2)15(3)18-10-12-9-13(20(16-4)17-5)7-8-14(12)19-15/h7-9,11,20H,6,10H2,1-5H3. The normalized spacial score (nSPS) is 23.3. The van der Waals surface area contributed by atoms with Gasteiger partial charge < -0.3 is 18.3 Å². The molecule has 0 amide bonds. The smallest absolute Gasteiger partial charge is 0.355 e. The lowest BCUT2D eigenvalue weighted by Gasteiger charge is -2.39. The summed E-state index contributed by atoms with van der Waals surface area (Å²) >= 11 is 0. The molecule has 2 atom stereocenters. The minimum absolute atomic E-state index is 0.343. The van der Waals surface area contributed by atoms with Gasteiger partial charge in [-0.05, 0) is 23.7 Å². The third kappa shape index (κ3) is 2.91. The van der Waals surface area contributed by atoms with Crippen molar-refractivity contribution in [2.75, 3.05) is 14.2 Å². The van der Waals surface area contributed by atoms with Gasteiger partial charge in [0.15, 0.2) is 0 Å². The molecule has 0 radical (unpaired) electrons. The SMILES string of the molecule is CCC(C)C1(C)OCc2cc([SiH](OC)OC)ccc2O1. The molecular formula is C15H24O4Si. The van der Waals surface area contributed by atoms with E-state index in [0.29, 0.717) is 12.5 Å². The fourth-order valence-corrected chi connectivity index (χ4v) is 3.74. The van der Waals surface area contributed by atoms with Crippen LogP contribution < -0.4 is 9.92 Å². The van der Waals surface area contributed by atoms with Crippen molar-refractivity contribution in [2.45, 2.75) is 39.6 Å². The third-order valence-corrected chi connectivity index (χ3v) is 5.88. The van der Waals surface area contributed by atoms with Crippen LogP contribution in [0, 0.1) is 5.92 Å². The van der Waals surface area contributed by atoms with Gasteiger partial charge in [0.2, 0.25) is 5.79 Å². The average molecular weight is 296 g/mol. The van der Waals surface area contributed by atoms with Crippen molar-refractivity contribution in [2.24, 2.45) is 5.92 Å². The Bertz CT molecular complexity index is 461. The van der Waals surface area contributed by atoms with Gasteiger partial charge in [-0.1, -0.05) is 19.9 Å². The van der Waals surface area contributed by atoms with Crippen LogP contribution in [0.2, 0.25) is 0 Å². The molecule has 0 saturated heterocycles. The Balaban J connectivity index is 2.23. The summed E-state index contributed by atoms with van der Waals surface area (Å²) in [5.74, 6) is 0.709. The van der Waals surface area contributed by atoms with Crippen LogP contribution in [0.5, 0.6) is 5.75 Å². The molecule has 1 heterocycles. The topological polar surface area (TPSA) is 36.9 Å². The Morgan fingerprint density at radius 2 is 2.05 bits per heavy atom. The Kier molecular flexibility index (Phi) is 4.85. The summed E-state index contributed by atoms with van der Waals surface area (Å²) in [7, 11) is 1.60. The van der Waals surface area contributed by atoms with Crippen molar-refractivity contribution in [3.63, 3.8) is 0 Å². The minimum atomic E-state index is -1.77. The quantitative estimate of drug-likeness (QED) is 0.780. The lowest BCUT2D eigenvalue weighted by atomic mass is 9.98. The highest BCUT2D eigenvalue weighted by Crippen LogP contribution is 2.36. The number of hydrogen-bond acceptors (Lipinski definition) is 4. The first-order valence-electron chi connectivity index (χ1n) is 7.05. The molecule has 1 aromatic rings. The number of ether oxygens (including phenoxy) is 2. The van der Waals surface area contributed by atoms with Crippen LogP contribution in [0.1, 0.15) is 32.8 Å². The predicted molar refractivity (Wildman–Crippen MR) is 80.5 cm³/mol. The van der Waals surface area contributed by atoms with Crippen LogP contribution in [0.3, 0.4) is 0 Å². The maximum atomic E-state index is 6.09. The van der Waals surface area contributed by atoms with E-state index >= 15 is 0 Å². The van der Waals surface area contributed by atoms with E-state index in [-0.39, 0.29) is 0 Å². The fourth-order valence-electron chi connectivity index (χ4n) is 2.41. The van der Waals surface area contributed by atoms with Crippen LogP contribution in [-0.2, 0) is 20.2 Å². The number of hydrogen-bond donors (Lipinski definition) is 0. The largest absolute Gasteiger partial charge is 0.462 e. The Morgan fingerprint density at radius 3 is 2.65 bits per heavy atom. The molecule has 0 bridgehead atoms. The second kappa shape index (κ2) is 6.26. The third-order valence-electron chi connectivity index (χ3n) is 4.12. The lowest BCUT2D eigenvalue weighted by Crippen LogP contribution is -2.45. The van der Waals surface area contributed by atoms with Gasteiger partial charge in [0.05, 0.1) is 6.61 Å². The maximum absolute atomic E-state index is 6.09. The first-order valence-corrected chi connectivity index (χ1v) is 8.57. The van der Waals surface area contributed by atoms with E-state index in [1.165, 1.54) is 0 Å².